The minimum Gasteiger partial charge on any atom is -0.379 e. The predicted molar refractivity (Wildman–Crippen MR) is 78.8 cm³/mol. The fourth-order valence-corrected chi connectivity index (χ4v) is 1.96. The first-order chi connectivity index (χ1) is 10.7. The van der Waals surface area contributed by atoms with Gasteiger partial charge in [-0.3, -0.25) is 0 Å². The quantitative estimate of drug-likeness (QED) is 0.322. The molecule has 1 aromatic heterocycles. The average Bonchev–Trinajstić information content (AvgIpc) is 2.98. The van der Waals surface area contributed by atoms with Gasteiger partial charge in [0.05, 0.1) is 5.56 Å². The van der Waals surface area contributed by atoms with Crippen molar-refractivity contribution in [2.24, 2.45) is 10.9 Å². The minimum atomic E-state index is -0.644. The van der Waals surface area contributed by atoms with Gasteiger partial charge in [0.25, 0.3) is 0 Å². The molecule has 3 rings (SSSR count). The van der Waals surface area contributed by atoms with E-state index in [4.69, 9.17) is 16.3 Å². The first-order valence-corrected chi connectivity index (χ1v) is 6.28. The molecule has 0 saturated carbocycles. The maximum atomic E-state index is 12.1. The van der Waals surface area contributed by atoms with Crippen LogP contribution in [0.4, 0.5) is 5.82 Å². The number of anilines is 1. The predicted octanol–water partition coefficient (Wildman–Crippen LogP) is 1.28. The molecule has 0 saturated heterocycles. The van der Waals surface area contributed by atoms with Crippen LogP contribution in [-0.2, 0) is 4.84 Å². The summed E-state index contributed by atoms with van der Waals surface area (Å²) in [4.78, 5) is 17.0. The number of nitrogen functional groups attached to an aromatic ring is 1. The number of fused-ring (bicyclic) bond motifs is 1. The maximum absolute atomic E-state index is 12.1. The lowest BCUT2D eigenvalue weighted by Crippen LogP contribution is -2.17. The molecule has 0 fully saturated rings. The van der Waals surface area contributed by atoms with Crippen LogP contribution in [0.1, 0.15) is 16.1 Å². The van der Waals surface area contributed by atoms with Crippen molar-refractivity contribution in [3.05, 3.63) is 53.7 Å². The third-order valence-corrected chi connectivity index (χ3v) is 2.99. The first-order valence-electron chi connectivity index (χ1n) is 6.28. The van der Waals surface area contributed by atoms with Gasteiger partial charge >= 0.3 is 5.97 Å². The van der Waals surface area contributed by atoms with Crippen LogP contribution in [0.25, 0.3) is 10.8 Å². The number of carbonyl (C=O) groups excluding carboxylic acids is 1. The standard InChI is InChI=1S/C14H11N5O3/c15-12(11-13(16)19-22-17-11)18-21-14(20)10-7-3-5-8-4-1-2-6-9(8)10/h1-7H,(H2,15,18)(H2,16,19). The average molecular weight is 297 g/mol. The Labute approximate surface area is 124 Å². The summed E-state index contributed by atoms with van der Waals surface area (Å²) in [5, 5.41) is 12.0. The second-order valence-corrected chi connectivity index (χ2v) is 4.38. The number of carbonyl (C=O) groups is 1. The molecule has 8 heteroatoms. The van der Waals surface area contributed by atoms with Gasteiger partial charge in [-0.15, -0.1) is 0 Å². The molecule has 110 valence electrons. The molecule has 0 aliphatic rings. The summed E-state index contributed by atoms with van der Waals surface area (Å²) in [6, 6.07) is 12.7. The van der Waals surface area contributed by atoms with Crippen molar-refractivity contribution in [1.82, 2.24) is 10.3 Å². The molecule has 0 aliphatic carbocycles. The summed E-state index contributed by atoms with van der Waals surface area (Å²) < 4.78 is 4.39. The first kappa shape index (κ1) is 13.6. The van der Waals surface area contributed by atoms with Gasteiger partial charge in [-0.05, 0) is 27.2 Å². The molecule has 0 unspecified atom stereocenters. The Morgan fingerprint density at radius 2 is 1.91 bits per heavy atom. The van der Waals surface area contributed by atoms with Gasteiger partial charge in [-0.25, -0.2) is 9.42 Å². The zero-order chi connectivity index (χ0) is 15.5. The third-order valence-electron chi connectivity index (χ3n) is 2.99. The highest BCUT2D eigenvalue weighted by atomic mass is 16.7. The van der Waals surface area contributed by atoms with E-state index in [0.717, 1.165) is 10.8 Å². The van der Waals surface area contributed by atoms with Gasteiger partial charge in [0.15, 0.2) is 17.3 Å². The van der Waals surface area contributed by atoms with Crippen LogP contribution in [0, 0.1) is 0 Å². The van der Waals surface area contributed by atoms with E-state index < -0.39 is 5.97 Å². The second-order valence-electron chi connectivity index (χ2n) is 4.38. The van der Waals surface area contributed by atoms with Crippen molar-refractivity contribution in [2.75, 3.05) is 5.73 Å². The maximum Gasteiger partial charge on any atom is 0.366 e. The molecular formula is C14H11N5O3. The Bertz CT molecular complexity index is 866. The lowest BCUT2D eigenvalue weighted by Gasteiger charge is -2.03. The molecule has 3 aromatic rings. The Morgan fingerprint density at radius 1 is 1.14 bits per heavy atom. The molecule has 4 N–H and O–H groups in total. The highest BCUT2D eigenvalue weighted by Gasteiger charge is 2.14. The van der Waals surface area contributed by atoms with E-state index in [9.17, 15) is 4.79 Å². The molecule has 8 nitrogen and oxygen atoms in total. The summed E-state index contributed by atoms with van der Waals surface area (Å²) in [5.41, 5.74) is 11.5. The number of amidine groups is 1. The van der Waals surface area contributed by atoms with Crippen molar-refractivity contribution >= 4 is 28.4 Å². The van der Waals surface area contributed by atoms with E-state index in [2.05, 4.69) is 20.1 Å². The molecule has 0 atom stereocenters. The van der Waals surface area contributed by atoms with Crippen molar-refractivity contribution in [1.29, 1.82) is 0 Å². The van der Waals surface area contributed by atoms with Gasteiger partial charge in [0.2, 0.25) is 0 Å². The molecule has 0 bridgehead atoms. The fourth-order valence-electron chi connectivity index (χ4n) is 1.96. The SMILES string of the molecule is N/C(=N\OC(=O)c1cccc2ccccc12)c1nonc1N. The second kappa shape index (κ2) is 5.52. The number of benzene rings is 2. The molecule has 0 aliphatic heterocycles. The van der Waals surface area contributed by atoms with E-state index in [-0.39, 0.29) is 17.3 Å². The lowest BCUT2D eigenvalue weighted by molar-refractivity contribution is 0.0518. The molecule has 22 heavy (non-hydrogen) atoms. The normalized spacial score (nSPS) is 11.5. The number of hydrogen-bond acceptors (Lipinski definition) is 7. The van der Waals surface area contributed by atoms with Crippen molar-refractivity contribution in [3.8, 4) is 0 Å². The monoisotopic (exact) mass is 297 g/mol. The molecule has 0 radical (unpaired) electrons. The molecule has 0 amide bonds. The van der Waals surface area contributed by atoms with Crippen LogP contribution in [-0.4, -0.2) is 22.1 Å². The van der Waals surface area contributed by atoms with Crippen LogP contribution < -0.4 is 11.5 Å². The van der Waals surface area contributed by atoms with E-state index in [1.54, 1.807) is 12.1 Å². The highest BCUT2D eigenvalue weighted by Crippen LogP contribution is 2.19. The summed E-state index contributed by atoms with van der Waals surface area (Å²) in [7, 11) is 0. The largest absolute Gasteiger partial charge is 0.379 e. The van der Waals surface area contributed by atoms with Crippen LogP contribution in [0.3, 0.4) is 0 Å². The van der Waals surface area contributed by atoms with Crippen LogP contribution >= 0.6 is 0 Å². The van der Waals surface area contributed by atoms with Crippen molar-refractivity contribution in [3.63, 3.8) is 0 Å². The summed E-state index contributed by atoms with van der Waals surface area (Å²) in [6.07, 6.45) is 0. The van der Waals surface area contributed by atoms with Crippen molar-refractivity contribution in [2.45, 2.75) is 0 Å². The number of aromatic nitrogens is 2. The van der Waals surface area contributed by atoms with E-state index in [1.165, 1.54) is 0 Å². The number of hydrogen-bond donors (Lipinski definition) is 2. The van der Waals surface area contributed by atoms with Crippen molar-refractivity contribution < 1.29 is 14.3 Å². The summed E-state index contributed by atoms with van der Waals surface area (Å²) in [6.45, 7) is 0. The molecule has 1 heterocycles. The summed E-state index contributed by atoms with van der Waals surface area (Å²) >= 11 is 0. The number of nitrogens with zero attached hydrogens (tertiary/aromatic N) is 3. The van der Waals surface area contributed by atoms with Gasteiger partial charge < -0.3 is 16.3 Å². The third kappa shape index (κ3) is 2.44. The minimum absolute atomic E-state index is 0.0192. The number of oxime groups is 1. The van der Waals surface area contributed by atoms with E-state index in [0.29, 0.717) is 5.56 Å². The summed E-state index contributed by atoms with van der Waals surface area (Å²) in [5.74, 6) is -0.885. The molecule has 0 spiro atoms. The lowest BCUT2D eigenvalue weighted by atomic mass is 10.1. The smallest absolute Gasteiger partial charge is 0.366 e. The van der Waals surface area contributed by atoms with Gasteiger partial charge in [0.1, 0.15) is 0 Å². The molecular weight excluding hydrogens is 286 g/mol. The van der Waals surface area contributed by atoms with Gasteiger partial charge in [-0.1, -0.05) is 41.6 Å². The van der Waals surface area contributed by atoms with Crippen LogP contribution in [0.15, 0.2) is 52.2 Å². The van der Waals surface area contributed by atoms with Crippen LogP contribution in [0.5, 0.6) is 0 Å². The Balaban J connectivity index is 1.87. The highest BCUT2D eigenvalue weighted by molar-refractivity contribution is 6.05. The Kier molecular flexibility index (Phi) is 3.40. The number of nitrogens with two attached hydrogens (primary N) is 2. The van der Waals surface area contributed by atoms with E-state index >= 15 is 0 Å². The fraction of sp³-hybridized carbons (Fsp3) is 0. The topological polar surface area (TPSA) is 130 Å². The number of rotatable bonds is 3. The Morgan fingerprint density at radius 3 is 2.68 bits per heavy atom. The Hall–Kier alpha value is -3.42. The molecule has 2 aromatic carbocycles. The van der Waals surface area contributed by atoms with Crippen LogP contribution in [0.2, 0.25) is 0 Å². The van der Waals surface area contributed by atoms with Gasteiger partial charge in [-0.2, -0.15) is 0 Å². The zero-order valence-corrected chi connectivity index (χ0v) is 11.3. The zero-order valence-electron chi connectivity index (χ0n) is 11.3. The van der Waals surface area contributed by atoms with Gasteiger partial charge in [0, 0.05) is 0 Å². The van der Waals surface area contributed by atoms with E-state index in [1.807, 2.05) is 30.3 Å².